The predicted molar refractivity (Wildman–Crippen MR) is 53.5 cm³/mol. The van der Waals surface area contributed by atoms with Crippen LogP contribution in [0.2, 0.25) is 0 Å². The molecule has 1 aliphatic rings. The molecule has 0 spiro atoms. The molecule has 1 heterocycles. The van der Waals surface area contributed by atoms with E-state index in [4.69, 9.17) is 9.47 Å². The summed E-state index contributed by atoms with van der Waals surface area (Å²) in [6.07, 6.45) is 2.25. The number of ether oxygens (including phenoxy) is 2. The highest BCUT2D eigenvalue weighted by Crippen LogP contribution is 2.33. The first-order chi connectivity index (χ1) is 6.09. The van der Waals surface area contributed by atoms with Gasteiger partial charge in [-0.25, -0.2) is 0 Å². The Bertz CT molecular complexity index is 134. The molecule has 1 aliphatic heterocycles. The minimum atomic E-state index is -0.337. The Morgan fingerprint density at radius 2 is 1.23 bits per heavy atom. The summed E-state index contributed by atoms with van der Waals surface area (Å²) in [5.41, 5.74) is 0. The number of hydrogen-bond donors (Lipinski definition) is 0. The third kappa shape index (κ3) is 2.23. The summed E-state index contributed by atoms with van der Waals surface area (Å²) in [6, 6.07) is 0. The van der Waals surface area contributed by atoms with Crippen LogP contribution in [-0.2, 0) is 9.47 Å². The number of rotatable bonds is 2. The van der Waals surface area contributed by atoms with Gasteiger partial charge >= 0.3 is 0 Å². The summed E-state index contributed by atoms with van der Waals surface area (Å²) in [5, 5.41) is 0. The molecule has 0 saturated carbocycles. The van der Waals surface area contributed by atoms with Gasteiger partial charge in [0.2, 0.25) is 0 Å². The van der Waals surface area contributed by atoms with E-state index in [2.05, 4.69) is 27.7 Å². The smallest absolute Gasteiger partial charge is 0.172 e. The van der Waals surface area contributed by atoms with Gasteiger partial charge in [-0.05, 0) is 12.8 Å². The lowest BCUT2D eigenvalue weighted by Gasteiger charge is -2.39. The molecule has 0 atom stereocenters. The molecule has 13 heavy (non-hydrogen) atoms. The fraction of sp³-hybridized carbons (Fsp3) is 1.00. The fourth-order valence-electron chi connectivity index (χ4n) is 2.04. The molecule has 0 amide bonds. The zero-order valence-corrected chi connectivity index (χ0v) is 9.30. The molecular weight excluding hydrogens is 164 g/mol. The van der Waals surface area contributed by atoms with E-state index in [-0.39, 0.29) is 5.79 Å². The van der Waals surface area contributed by atoms with Gasteiger partial charge in [0.15, 0.2) is 5.79 Å². The van der Waals surface area contributed by atoms with E-state index >= 15 is 0 Å². The normalized spacial score (nSPS) is 23.5. The summed E-state index contributed by atoms with van der Waals surface area (Å²) in [6.45, 7) is 10.4. The van der Waals surface area contributed by atoms with Crippen LogP contribution in [0.25, 0.3) is 0 Å². The second-order valence-corrected chi connectivity index (χ2v) is 4.43. The Balaban J connectivity index is 2.74. The van der Waals surface area contributed by atoms with Crippen LogP contribution in [-0.4, -0.2) is 19.0 Å². The predicted octanol–water partition coefficient (Wildman–Crippen LogP) is 2.82. The van der Waals surface area contributed by atoms with E-state index in [9.17, 15) is 0 Å². The van der Waals surface area contributed by atoms with Crippen molar-refractivity contribution in [3.8, 4) is 0 Å². The first-order valence-electron chi connectivity index (χ1n) is 5.37. The highest BCUT2D eigenvalue weighted by atomic mass is 16.7. The van der Waals surface area contributed by atoms with Gasteiger partial charge in [0.25, 0.3) is 0 Å². The van der Waals surface area contributed by atoms with Crippen molar-refractivity contribution in [3.63, 3.8) is 0 Å². The van der Waals surface area contributed by atoms with E-state index in [1.807, 2.05) is 0 Å². The van der Waals surface area contributed by atoms with E-state index < -0.39 is 0 Å². The minimum absolute atomic E-state index is 0.337. The van der Waals surface area contributed by atoms with E-state index in [1.54, 1.807) is 0 Å². The van der Waals surface area contributed by atoms with E-state index in [0.29, 0.717) is 11.8 Å². The van der Waals surface area contributed by atoms with Gasteiger partial charge in [0.05, 0.1) is 13.2 Å². The molecule has 1 saturated heterocycles. The monoisotopic (exact) mass is 186 g/mol. The molecule has 0 unspecified atom stereocenters. The molecule has 0 aromatic heterocycles. The van der Waals surface area contributed by atoms with Crippen LogP contribution >= 0.6 is 0 Å². The van der Waals surface area contributed by atoms with Gasteiger partial charge in [-0.1, -0.05) is 27.7 Å². The van der Waals surface area contributed by atoms with Crippen LogP contribution in [0.1, 0.15) is 40.5 Å². The van der Waals surface area contributed by atoms with Crippen molar-refractivity contribution >= 4 is 0 Å². The lowest BCUT2D eigenvalue weighted by atomic mass is 9.91. The first kappa shape index (κ1) is 11.0. The molecule has 2 heteroatoms. The molecule has 1 rings (SSSR count). The molecule has 0 N–H and O–H groups in total. The molecule has 0 bridgehead atoms. The third-order valence-corrected chi connectivity index (χ3v) is 2.80. The van der Waals surface area contributed by atoms with Crippen molar-refractivity contribution in [2.24, 2.45) is 11.8 Å². The van der Waals surface area contributed by atoms with Gasteiger partial charge in [0.1, 0.15) is 0 Å². The van der Waals surface area contributed by atoms with Gasteiger partial charge in [0, 0.05) is 11.8 Å². The highest BCUT2D eigenvalue weighted by Gasteiger charge is 2.40. The van der Waals surface area contributed by atoms with Gasteiger partial charge in [-0.15, -0.1) is 0 Å². The van der Waals surface area contributed by atoms with Crippen molar-refractivity contribution < 1.29 is 9.47 Å². The Morgan fingerprint density at radius 1 is 0.846 bits per heavy atom. The van der Waals surface area contributed by atoms with Crippen LogP contribution < -0.4 is 0 Å². The number of hydrogen-bond acceptors (Lipinski definition) is 2. The van der Waals surface area contributed by atoms with Crippen molar-refractivity contribution in [1.82, 2.24) is 0 Å². The second-order valence-electron chi connectivity index (χ2n) is 4.43. The zero-order chi connectivity index (χ0) is 9.90. The SMILES string of the molecule is CC(C)C1(C(C)C)OCCCCO1. The van der Waals surface area contributed by atoms with Crippen LogP contribution in [0.15, 0.2) is 0 Å². The van der Waals surface area contributed by atoms with Crippen LogP contribution in [0.5, 0.6) is 0 Å². The highest BCUT2D eigenvalue weighted by molar-refractivity contribution is 4.79. The lowest BCUT2D eigenvalue weighted by Crippen LogP contribution is -2.45. The zero-order valence-electron chi connectivity index (χ0n) is 9.30. The molecule has 0 aliphatic carbocycles. The van der Waals surface area contributed by atoms with Gasteiger partial charge < -0.3 is 9.47 Å². The van der Waals surface area contributed by atoms with Crippen molar-refractivity contribution in [1.29, 1.82) is 0 Å². The molecule has 0 aromatic carbocycles. The third-order valence-electron chi connectivity index (χ3n) is 2.80. The Morgan fingerprint density at radius 3 is 1.54 bits per heavy atom. The van der Waals surface area contributed by atoms with Crippen LogP contribution in [0.3, 0.4) is 0 Å². The Kier molecular flexibility index (Phi) is 3.74. The quantitative estimate of drug-likeness (QED) is 0.660. The maximum absolute atomic E-state index is 5.89. The van der Waals surface area contributed by atoms with Crippen molar-refractivity contribution in [3.05, 3.63) is 0 Å². The second kappa shape index (κ2) is 4.43. The molecule has 1 fully saturated rings. The van der Waals surface area contributed by atoms with Crippen LogP contribution in [0, 0.1) is 11.8 Å². The van der Waals surface area contributed by atoms with E-state index in [1.165, 1.54) is 0 Å². The first-order valence-corrected chi connectivity index (χ1v) is 5.37. The van der Waals surface area contributed by atoms with Crippen LogP contribution in [0.4, 0.5) is 0 Å². The molecule has 78 valence electrons. The summed E-state index contributed by atoms with van der Waals surface area (Å²) in [4.78, 5) is 0. The molecule has 0 aromatic rings. The van der Waals surface area contributed by atoms with Crippen molar-refractivity contribution in [2.75, 3.05) is 13.2 Å². The minimum Gasteiger partial charge on any atom is -0.349 e. The Labute approximate surface area is 81.6 Å². The molecule has 2 nitrogen and oxygen atoms in total. The lowest BCUT2D eigenvalue weighted by molar-refractivity contribution is -0.275. The molecule has 0 radical (unpaired) electrons. The summed E-state index contributed by atoms with van der Waals surface area (Å²) < 4.78 is 11.8. The summed E-state index contributed by atoms with van der Waals surface area (Å²) in [7, 11) is 0. The summed E-state index contributed by atoms with van der Waals surface area (Å²) >= 11 is 0. The van der Waals surface area contributed by atoms with E-state index in [0.717, 1.165) is 26.1 Å². The van der Waals surface area contributed by atoms with Crippen molar-refractivity contribution in [2.45, 2.75) is 46.3 Å². The maximum atomic E-state index is 5.89. The maximum Gasteiger partial charge on any atom is 0.172 e. The van der Waals surface area contributed by atoms with Gasteiger partial charge in [-0.3, -0.25) is 0 Å². The topological polar surface area (TPSA) is 18.5 Å². The molecular formula is C11H22O2. The van der Waals surface area contributed by atoms with Gasteiger partial charge in [-0.2, -0.15) is 0 Å². The fourth-order valence-corrected chi connectivity index (χ4v) is 2.04. The Hall–Kier alpha value is -0.0800. The summed E-state index contributed by atoms with van der Waals surface area (Å²) in [5.74, 6) is 0.507. The standard InChI is InChI=1S/C11H22O2/c1-9(2)11(10(3)4)12-7-5-6-8-13-11/h9-10H,5-8H2,1-4H3. The average Bonchev–Trinajstić information content (AvgIpc) is 2.28. The average molecular weight is 186 g/mol. The largest absolute Gasteiger partial charge is 0.349 e.